The van der Waals surface area contributed by atoms with Crippen LogP contribution < -0.4 is 16.0 Å². The molecule has 284 valence electrons. The van der Waals surface area contributed by atoms with Gasteiger partial charge in [0.05, 0.1) is 32.2 Å². The van der Waals surface area contributed by atoms with Gasteiger partial charge >= 0.3 is 12.2 Å². The van der Waals surface area contributed by atoms with Gasteiger partial charge in [-0.15, -0.1) is 0 Å². The Morgan fingerprint density at radius 2 is 1.57 bits per heavy atom. The number of nitroso groups, excluding NO2 is 1. The zero-order valence-corrected chi connectivity index (χ0v) is 31.2. The molecule has 6 unspecified atom stereocenters. The molecule has 4 amide bonds. The quantitative estimate of drug-likeness (QED) is 0.155. The third-order valence-corrected chi connectivity index (χ3v) is 10.6. The second-order valence-electron chi connectivity index (χ2n) is 14.1. The van der Waals surface area contributed by atoms with E-state index in [9.17, 15) is 24.1 Å². The number of aromatic nitrogens is 2. The highest BCUT2D eigenvalue weighted by molar-refractivity contribution is 5.83. The van der Waals surface area contributed by atoms with Crippen molar-refractivity contribution in [3.63, 3.8) is 0 Å². The van der Waals surface area contributed by atoms with Gasteiger partial charge < -0.3 is 35.3 Å². The highest BCUT2D eigenvalue weighted by Gasteiger charge is 2.47. The van der Waals surface area contributed by atoms with Crippen molar-refractivity contribution in [2.75, 3.05) is 20.8 Å². The first-order chi connectivity index (χ1) is 25.5. The topological polar surface area (TPSA) is 175 Å². The van der Waals surface area contributed by atoms with Crippen LogP contribution in [0.25, 0.3) is 22.4 Å². The lowest BCUT2D eigenvalue weighted by Gasteiger charge is -2.29. The number of imidazole rings is 1. The molecule has 2 aliphatic rings. The van der Waals surface area contributed by atoms with Crippen LogP contribution in [0.5, 0.6) is 0 Å². The van der Waals surface area contributed by atoms with Crippen molar-refractivity contribution in [3.8, 4) is 22.4 Å². The number of likely N-dealkylation sites (tertiary alicyclic amines) is 1. The summed E-state index contributed by atoms with van der Waals surface area (Å²) in [5, 5.41) is 8.19. The fourth-order valence-electron chi connectivity index (χ4n) is 7.42. The van der Waals surface area contributed by atoms with E-state index in [1.807, 2.05) is 67.3 Å². The summed E-state index contributed by atoms with van der Waals surface area (Å²) in [5.41, 5.74) is 4.79. The van der Waals surface area contributed by atoms with Crippen LogP contribution in [-0.4, -0.2) is 88.6 Å². The minimum atomic E-state index is -0.729. The lowest BCUT2D eigenvalue weighted by molar-refractivity contribution is -0.588. The SMILES string of the molecule is CCCC1CCC(c2ncc(-c3ccc(-c4ccc(CNC(=O)C5CCC(CC(C)C(C)NC(=O)OC)[N+]5=O)cc4)cc3)[nH]2)N1C(=O)CNC(=O)OC. The average molecular weight is 731 g/mol. The molecular weight excluding hydrogens is 678 g/mol. The van der Waals surface area contributed by atoms with E-state index in [-0.39, 0.29) is 48.4 Å². The predicted octanol–water partition coefficient (Wildman–Crippen LogP) is 5.63. The first kappa shape index (κ1) is 38.9. The third kappa shape index (κ3) is 9.59. The van der Waals surface area contributed by atoms with Crippen LogP contribution in [0, 0.1) is 10.8 Å². The Morgan fingerprint density at radius 1 is 0.906 bits per heavy atom. The molecule has 3 heterocycles. The van der Waals surface area contributed by atoms with E-state index in [2.05, 4.69) is 42.3 Å². The van der Waals surface area contributed by atoms with Gasteiger partial charge in [-0.05, 0) is 54.4 Å². The molecule has 14 heteroatoms. The number of aromatic amines is 1. The lowest BCUT2D eigenvalue weighted by atomic mass is 9.94. The van der Waals surface area contributed by atoms with Crippen molar-refractivity contribution in [3.05, 3.63) is 71.0 Å². The summed E-state index contributed by atoms with van der Waals surface area (Å²) >= 11 is 0. The summed E-state index contributed by atoms with van der Waals surface area (Å²) < 4.78 is 10.2. The molecule has 6 atom stereocenters. The van der Waals surface area contributed by atoms with Crippen molar-refractivity contribution in [2.45, 2.75) is 102 Å². The van der Waals surface area contributed by atoms with Gasteiger partial charge in [-0.3, -0.25) is 9.59 Å². The second kappa shape index (κ2) is 18.0. The van der Waals surface area contributed by atoms with Gasteiger partial charge in [-0.1, -0.05) is 68.8 Å². The number of carbonyl (C=O) groups excluding carboxylic acids is 4. The maximum atomic E-state index is 13.2. The minimum absolute atomic E-state index is 0.0421. The van der Waals surface area contributed by atoms with Crippen LogP contribution >= 0.6 is 0 Å². The molecule has 53 heavy (non-hydrogen) atoms. The van der Waals surface area contributed by atoms with Crippen LogP contribution in [0.3, 0.4) is 0 Å². The summed E-state index contributed by atoms with van der Waals surface area (Å²) in [6.45, 7) is 6.14. The second-order valence-corrected chi connectivity index (χ2v) is 14.1. The molecule has 0 aliphatic carbocycles. The molecule has 5 rings (SSSR count). The summed E-state index contributed by atoms with van der Waals surface area (Å²) in [5.74, 6) is 0.329. The highest BCUT2D eigenvalue weighted by Crippen LogP contribution is 2.37. The molecule has 0 bridgehead atoms. The smallest absolute Gasteiger partial charge is 0.407 e. The Bertz CT molecular complexity index is 1740. The molecule has 2 fully saturated rings. The monoisotopic (exact) mass is 730 g/mol. The number of carbonyl (C=O) groups is 4. The molecule has 1 aromatic heterocycles. The van der Waals surface area contributed by atoms with Gasteiger partial charge in [0.1, 0.15) is 12.4 Å². The van der Waals surface area contributed by atoms with Gasteiger partial charge in [0.2, 0.25) is 11.9 Å². The number of nitrogens with zero attached hydrogens (tertiary/aromatic N) is 3. The Morgan fingerprint density at radius 3 is 2.23 bits per heavy atom. The molecule has 2 aliphatic heterocycles. The molecule has 3 aromatic rings. The summed E-state index contributed by atoms with van der Waals surface area (Å²) in [4.78, 5) is 72.3. The molecule has 2 aromatic carbocycles. The minimum Gasteiger partial charge on any atom is -0.453 e. The Kier molecular flexibility index (Phi) is 13.2. The lowest BCUT2D eigenvalue weighted by Crippen LogP contribution is -2.43. The van der Waals surface area contributed by atoms with Crippen LogP contribution in [-0.2, 0) is 25.6 Å². The van der Waals surface area contributed by atoms with Crippen molar-refractivity contribution >= 4 is 24.0 Å². The van der Waals surface area contributed by atoms with Gasteiger partial charge in [-0.2, -0.15) is 0 Å². The maximum Gasteiger partial charge on any atom is 0.407 e. The normalized spacial score (nSPS) is 20.8. The highest BCUT2D eigenvalue weighted by atomic mass is 16.5. The van der Waals surface area contributed by atoms with Crippen LogP contribution in [0.15, 0.2) is 54.7 Å². The molecule has 4 N–H and O–H groups in total. The number of methoxy groups -OCH3 is 2. The molecule has 0 radical (unpaired) electrons. The van der Waals surface area contributed by atoms with E-state index in [1.165, 1.54) is 14.2 Å². The van der Waals surface area contributed by atoms with Gasteiger partial charge in [-0.25, -0.2) is 14.6 Å². The number of rotatable bonds is 14. The van der Waals surface area contributed by atoms with Crippen LogP contribution in [0.4, 0.5) is 9.59 Å². The first-order valence-electron chi connectivity index (χ1n) is 18.5. The molecule has 0 spiro atoms. The van der Waals surface area contributed by atoms with E-state index >= 15 is 0 Å². The summed E-state index contributed by atoms with van der Waals surface area (Å²) in [6.07, 6.45) is 5.84. The number of ether oxygens (including phenoxy) is 2. The Labute approximate surface area is 310 Å². The van der Waals surface area contributed by atoms with Gasteiger partial charge in [0, 0.05) is 47.6 Å². The number of hydrogen-bond donors (Lipinski definition) is 4. The van der Waals surface area contributed by atoms with Gasteiger partial charge in [0.15, 0.2) is 0 Å². The standard InChI is InChI=1S/C39H51N7O7/c1-6-7-30-16-18-33(45(30)35(47)23-42-38(49)52-4)36-40-22-32(44-36)29-14-12-28(13-15-29)27-10-8-26(9-11-27)21-41-37(48)34-19-17-31(46(34)51)20-24(2)25(3)43-39(50)53-5/h8-15,22,24-25,30-31,33-34H,6-7,16-21,23H2,1-5H3,(H3-,40,41,42,43,44,48,49,50)/p+1. The predicted molar refractivity (Wildman–Crippen MR) is 198 cm³/mol. The average Bonchev–Trinajstić information content (AvgIpc) is 3.92. The van der Waals surface area contributed by atoms with E-state index in [4.69, 9.17) is 0 Å². The third-order valence-electron chi connectivity index (χ3n) is 10.6. The van der Waals surface area contributed by atoms with Crippen molar-refractivity contribution in [1.29, 1.82) is 0 Å². The van der Waals surface area contributed by atoms with E-state index in [0.29, 0.717) is 25.8 Å². The van der Waals surface area contributed by atoms with Crippen LogP contribution in [0.1, 0.15) is 83.1 Å². The number of nitrogens with one attached hydrogen (secondary N) is 4. The summed E-state index contributed by atoms with van der Waals surface area (Å²) in [6, 6.07) is 14.8. The maximum absolute atomic E-state index is 13.2. The molecule has 0 saturated carbocycles. The largest absolute Gasteiger partial charge is 0.453 e. The van der Waals surface area contributed by atoms with Crippen molar-refractivity contribution < 1.29 is 33.4 Å². The summed E-state index contributed by atoms with van der Waals surface area (Å²) in [7, 11) is 2.59. The molecule has 14 nitrogen and oxygen atoms in total. The molecule has 2 saturated heterocycles. The number of hydrogen-bond acceptors (Lipinski definition) is 8. The fraction of sp³-hybridized carbons (Fsp3) is 0.513. The zero-order valence-electron chi connectivity index (χ0n) is 31.2. The van der Waals surface area contributed by atoms with E-state index in [1.54, 1.807) is 6.20 Å². The fourth-order valence-corrected chi connectivity index (χ4v) is 7.42. The van der Waals surface area contributed by atoms with Crippen molar-refractivity contribution in [2.24, 2.45) is 5.92 Å². The zero-order chi connectivity index (χ0) is 38.1. The van der Waals surface area contributed by atoms with E-state index < -0.39 is 18.2 Å². The number of benzene rings is 2. The van der Waals surface area contributed by atoms with Crippen LogP contribution in [0.2, 0.25) is 0 Å². The van der Waals surface area contributed by atoms with E-state index in [0.717, 1.165) is 64.2 Å². The first-order valence-corrected chi connectivity index (χ1v) is 18.5. The van der Waals surface area contributed by atoms with Gasteiger partial charge in [0.25, 0.3) is 11.9 Å². The number of alkyl carbamates (subject to hydrolysis) is 2. The Balaban J connectivity index is 1.14. The van der Waals surface area contributed by atoms with Crippen molar-refractivity contribution in [1.82, 2.24) is 30.8 Å². The number of H-pyrrole nitrogens is 1. The molecular formula is C39H52N7O7+. The number of amides is 4. The Hall–Kier alpha value is -5.27.